The summed E-state index contributed by atoms with van der Waals surface area (Å²) < 4.78 is 53.8. The highest BCUT2D eigenvalue weighted by molar-refractivity contribution is 5.80. The minimum Gasteiger partial charge on any atom is -0.482 e. The van der Waals surface area contributed by atoms with E-state index in [1.165, 1.54) is 4.57 Å². The molecular formula is C27H26F3N5O5. The van der Waals surface area contributed by atoms with Crippen LogP contribution in [0.25, 0.3) is 22.3 Å². The molecule has 1 aliphatic rings. The van der Waals surface area contributed by atoms with Gasteiger partial charge in [0.15, 0.2) is 17.7 Å². The Morgan fingerprint density at radius 2 is 1.82 bits per heavy atom. The zero-order valence-corrected chi connectivity index (χ0v) is 21.6. The summed E-state index contributed by atoms with van der Waals surface area (Å²) in [5.74, 6) is -0.643. The van der Waals surface area contributed by atoms with Crippen LogP contribution < -0.4 is 16.0 Å². The topological polar surface area (TPSA) is 112 Å². The van der Waals surface area contributed by atoms with Gasteiger partial charge in [-0.2, -0.15) is 4.98 Å². The molecule has 2 aromatic carbocycles. The fourth-order valence-corrected chi connectivity index (χ4v) is 4.85. The third kappa shape index (κ3) is 5.23. The number of benzene rings is 2. The van der Waals surface area contributed by atoms with E-state index in [0.29, 0.717) is 48.8 Å². The van der Waals surface area contributed by atoms with Crippen molar-refractivity contribution in [2.45, 2.75) is 38.5 Å². The number of likely N-dealkylation sites (tertiary alicyclic amines) is 1. The standard InChI is InChI=1S/C27H26F3N5O5/c1-16-31-25(32-40-16)18-4-2-17(3-5-18)14-34-26(37)21-10-24(39-20(12-28)13-29)22(30)11-23(21)35(27(34)38)19-6-8-33(15-36)9-7-19/h2-5,10-11,15,19-20H,6-9,12-14H2,1H3. The largest absolute Gasteiger partial charge is 0.482 e. The van der Waals surface area contributed by atoms with Gasteiger partial charge in [-0.05, 0) is 24.5 Å². The molecule has 0 N–H and O–H groups in total. The van der Waals surface area contributed by atoms with Gasteiger partial charge in [-0.25, -0.2) is 18.0 Å². The molecule has 40 heavy (non-hydrogen) atoms. The molecule has 13 heteroatoms. The lowest BCUT2D eigenvalue weighted by Crippen LogP contribution is -2.44. The second-order valence-electron chi connectivity index (χ2n) is 9.60. The fourth-order valence-electron chi connectivity index (χ4n) is 4.85. The first-order valence-corrected chi connectivity index (χ1v) is 12.7. The normalized spacial score (nSPS) is 14.3. The summed E-state index contributed by atoms with van der Waals surface area (Å²) in [6.45, 7) is -0.0357. The summed E-state index contributed by atoms with van der Waals surface area (Å²) in [5.41, 5.74) is -0.00282. The van der Waals surface area contributed by atoms with Crippen LogP contribution in [-0.2, 0) is 11.3 Å². The first-order valence-electron chi connectivity index (χ1n) is 12.7. The van der Waals surface area contributed by atoms with Crippen LogP contribution in [0, 0.1) is 12.7 Å². The van der Waals surface area contributed by atoms with Crippen LogP contribution in [0.3, 0.4) is 0 Å². The van der Waals surface area contributed by atoms with E-state index in [-0.39, 0.29) is 17.4 Å². The number of carbonyl (C=O) groups excluding carboxylic acids is 1. The highest BCUT2D eigenvalue weighted by Crippen LogP contribution is 2.28. The van der Waals surface area contributed by atoms with Gasteiger partial charge in [0.05, 0.1) is 17.4 Å². The number of halogens is 3. The average molecular weight is 558 g/mol. The van der Waals surface area contributed by atoms with Gasteiger partial charge in [-0.15, -0.1) is 0 Å². The number of hydrogen-bond donors (Lipinski definition) is 0. The number of nitrogens with zero attached hydrogens (tertiary/aromatic N) is 5. The number of hydrogen-bond acceptors (Lipinski definition) is 7. The van der Waals surface area contributed by atoms with Gasteiger partial charge in [-0.3, -0.25) is 18.7 Å². The predicted molar refractivity (Wildman–Crippen MR) is 138 cm³/mol. The molecule has 210 valence electrons. The molecule has 5 rings (SSSR count). The van der Waals surface area contributed by atoms with Crippen LogP contribution in [0.5, 0.6) is 5.75 Å². The van der Waals surface area contributed by atoms with E-state index in [1.54, 1.807) is 36.1 Å². The number of aromatic nitrogens is 4. The Bertz CT molecular complexity index is 1640. The summed E-state index contributed by atoms with van der Waals surface area (Å²) in [4.78, 5) is 44.3. The van der Waals surface area contributed by atoms with Crippen LogP contribution >= 0.6 is 0 Å². The van der Waals surface area contributed by atoms with Crippen molar-refractivity contribution < 1.29 is 27.2 Å². The van der Waals surface area contributed by atoms with Crippen LogP contribution in [-0.4, -0.2) is 63.1 Å². The van der Waals surface area contributed by atoms with Crippen molar-refractivity contribution in [1.29, 1.82) is 0 Å². The van der Waals surface area contributed by atoms with Crippen LogP contribution in [0.15, 0.2) is 50.5 Å². The first-order chi connectivity index (χ1) is 19.3. The number of piperidine rings is 1. The highest BCUT2D eigenvalue weighted by atomic mass is 19.1. The third-order valence-electron chi connectivity index (χ3n) is 6.95. The molecule has 1 amide bonds. The average Bonchev–Trinajstić information content (AvgIpc) is 3.41. The maximum atomic E-state index is 15.0. The Balaban J connectivity index is 1.60. The molecule has 0 atom stereocenters. The Morgan fingerprint density at radius 1 is 1.12 bits per heavy atom. The van der Waals surface area contributed by atoms with Crippen molar-refractivity contribution >= 4 is 17.3 Å². The smallest absolute Gasteiger partial charge is 0.332 e. The van der Waals surface area contributed by atoms with Crippen LogP contribution in [0.2, 0.25) is 0 Å². The third-order valence-corrected chi connectivity index (χ3v) is 6.95. The van der Waals surface area contributed by atoms with E-state index in [0.717, 1.165) is 23.1 Å². The molecule has 0 bridgehead atoms. The summed E-state index contributed by atoms with van der Waals surface area (Å²) in [6.07, 6.45) is 0.0223. The van der Waals surface area contributed by atoms with Gasteiger partial charge in [0, 0.05) is 37.7 Å². The lowest BCUT2D eigenvalue weighted by atomic mass is 10.0. The van der Waals surface area contributed by atoms with Crippen molar-refractivity contribution in [3.05, 3.63) is 74.5 Å². The van der Waals surface area contributed by atoms with E-state index in [4.69, 9.17) is 9.26 Å². The Kier molecular flexibility index (Phi) is 7.71. The van der Waals surface area contributed by atoms with Crippen molar-refractivity contribution in [3.8, 4) is 17.1 Å². The lowest BCUT2D eigenvalue weighted by Gasteiger charge is -2.31. The molecule has 2 aromatic heterocycles. The molecule has 10 nitrogen and oxygen atoms in total. The second kappa shape index (κ2) is 11.4. The van der Waals surface area contributed by atoms with Gasteiger partial charge in [0.2, 0.25) is 18.1 Å². The van der Waals surface area contributed by atoms with Gasteiger partial charge in [0.1, 0.15) is 13.3 Å². The van der Waals surface area contributed by atoms with Gasteiger partial charge < -0.3 is 14.2 Å². The number of aryl methyl sites for hydroxylation is 1. The van der Waals surface area contributed by atoms with E-state index >= 15 is 4.39 Å². The number of amides is 1. The molecule has 0 unspecified atom stereocenters. The maximum Gasteiger partial charge on any atom is 0.332 e. The summed E-state index contributed by atoms with van der Waals surface area (Å²) in [6, 6.07) is 8.55. The maximum absolute atomic E-state index is 15.0. The van der Waals surface area contributed by atoms with Crippen molar-refractivity contribution in [2.75, 3.05) is 26.4 Å². The van der Waals surface area contributed by atoms with E-state index in [9.17, 15) is 23.2 Å². The molecule has 1 saturated heterocycles. The molecule has 0 aliphatic carbocycles. The quantitative estimate of drug-likeness (QED) is 0.291. The monoisotopic (exact) mass is 557 g/mol. The second-order valence-corrected chi connectivity index (χ2v) is 9.60. The molecule has 1 fully saturated rings. The molecule has 0 radical (unpaired) electrons. The minimum absolute atomic E-state index is 0.0378. The minimum atomic E-state index is -1.53. The zero-order chi connectivity index (χ0) is 28.4. The zero-order valence-electron chi connectivity index (χ0n) is 21.6. The predicted octanol–water partition coefficient (Wildman–Crippen LogP) is 3.19. The Morgan fingerprint density at radius 3 is 2.42 bits per heavy atom. The SMILES string of the molecule is Cc1nc(-c2ccc(Cn3c(=O)c4cc(OC(CF)CF)c(F)cc4n(C4CCN(C=O)CC4)c3=O)cc2)no1. The Labute approximate surface area is 225 Å². The number of alkyl halides is 2. The number of carbonyl (C=O) groups is 1. The van der Waals surface area contributed by atoms with E-state index in [1.807, 2.05) is 0 Å². The lowest BCUT2D eigenvalue weighted by molar-refractivity contribution is -0.119. The van der Waals surface area contributed by atoms with Crippen molar-refractivity contribution in [2.24, 2.45) is 0 Å². The van der Waals surface area contributed by atoms with Gasteiger partial charge in [0.25, 0.3) is 5.56 Å². The molecule has 0 saturated carbocycles. The Hall–Kier alpha value is -4.42. The number of fused-ring (bicyclic) bond motifs is 1. The fraction of sp³-hybridized carbons (Fsp3) is 0.370. The molecule has 3 heterocycles. The van der Waals surface area contributed by atoms with Crippen molar-refractivity contribution in [3.63, 3.8) is 0 Å². The van der Waals surface area contributed by atoms with E-state index < -0.39 is 48.3 Å². The summed E-state index contributed by atoms with van der Waals surface area (Å²) >= 11 is 0. The summed E-state index contributed by atoms with van der Waals surface area (Å²) in [5, 5.41) is 3.84. The molecule has 1 aliphatic heterocycles. The van der Waals surface area contributed by atoms with Gasteiger partial charge >= 0.3 is 5.69 Å². The molecule has 4 aromatic rings. The highest BCUT2D eigenvalue weighted by Gasteiger charge is 2.26. The van der Waals surface area contributed by atoms with Gasteiger partial charge in [-0.1, -0.05) is 29.4 Å². The van der Waals surface area contributed by atoms with E-state index in [2.05, 4.69) is 10.1 Å². The number of ether oxygens (including phenoxy) is 1. The molecule has 0 spiro atoms. The number of rotatable bonds is 9. The first kappa shape index (κ1) is 27.2. The van der Waals surface area contributed by atoms with Crippen LogP contribution in [0.4, 0.5) is 13.2 Å². The molecular weight excluding hydrogens is 531 g/mol. The van der Waals surface area contributed by atoms with Crippen molar-refractivity contribution in [1.82, 2.24) is 24.2 Å². The van der Waals surface area contributed by atoms with Crippen LogP contribution in [0.1, 0.15) is 30.3 Å². The summed E-state index contributed by atoms with van der Waals surface area (Å²) in [7, 11) is 0.